The van der Waals surface area contributed by atoms with Crippen LogP contribution in [-0.2, 0) is 6.61 Å². The Morgan fingerprint density at radius 2 is 1.21 bits per heavy atom. The molecule has 0 saturated carbocycles. The van der Waals surface area contributed by atoms with Crippen LogP contribution in [0.3, 0.4) is 0 Å². The van der Waals surface area contributed by atoms with E-state index in [-0.39, 0.29) is 18.7 Å². The minimum Gasteiger partial charge on any atom is -0.392 e. The highest BCUT2D eigenvalue weighted by atomic mass is 16.3. The molecule has 0 spiro atoms. The second kappa shape index (κ2) is 7.91. The predicted molar refractivity (Wildman–Crippen MR) is 98.6 cm³/mol. The molecule has 2 heteroatoms. The molecule has 0 bridgehead atoms. The van der Waals surface area contributed by atoms with E-state index in [0.717, 1.165) is 5.56 Å². The summed E-state index contributed by atoms with van der Waals surface area (Å²) in [5.41, 5.74) is 4.63. The quantitative estimate of drug-likeness (QED) is 0.695. The van der Waals surface area contributed by atoms with Gasteiger partial charge in [0.05, 0.1) is 12.6 Å². The first kappa shape index (κ1) is 16.4. The molecule has 0 amide bonds. The number of aliphatic hydroxyl groups is 1. The van der Waals surface area contributed by atoms with Gasteiger partial charge in [0.15, 0.2) is 0 Å². The lowest BCUT2D eigenvalue weighted by atomic mass is 9.96. The van der Waals surface area contributed by atoms with Crippen molar-refractivity contribution in [2.24, 2.45) is 0 Å². The zero-order valence-electron chi connectivity index (χ0n) is 13.9. The number of hydrogen-bond donors (Lipinski definition) is 2. The van der Waals surface area contributed by atoms with E-state index in [1.807, 2.05) is 24.3 Å². The maximum atomic E-state index is 9.26. The van der Waals surface area contributed by atoms with Gasteiger partial charge in [-0.2, -0.15) is 0 Å². The van der Waals surface area contributed by atoms with Crippen molar-refractivity contribution in [1.82, 2.24) is 5.32 Å². The summed E-state index contributed by atoms with van der Waals surface area (Å²) < 4.78 is 0. The lowest BCUT2D eigenvalue weighted by Crippen LogP contribution is -2.25. The van der Waals surface area contributed by atoms with Crippen LogP contribution in [0.15, 0.2) is 84.9 Å². The van der Waals surface area contributed by atoms with Crippen molar-refractivity contribution in [2.75, 3.05) is 0 Å². The summed E-state index contributed by atoms with van der Waals surface area (Å²) in [6.45, 7) is 2.26. The molecule has 0 fully saturated rings. The Balaban J connectivity index is 1.90. The molecule has 122 valence electrons. The topological polar surface area (TPSA) is 32.3 Å². The van der Waals surface area contributed by atoms with Gasteiger partial charge in [-0.05, 0) is 29.2 Å². The van der Waals surface area contributed by atoms with Crippen LogP contribution in [0.1, 0.15) is 41.3 Å². The van der Waals surface area contributed by atoms with Crippen LogP contribution in [0.2, 0.25) is 0 Å². The zero-order chi connectivity index (χ0) is 16.8. The smallest absolute Gasteiger partial charge is 0.0681 e. The third kappa shape index (κ3) is 3.91. The van der Waals surface area contributed by atoms with Gasteiger partial charge in [-0.25, -0.2) is 0 Å². The van der Waals surface area contributed by atoms with Gasteiger partial charge in [0.25, 0.3) is 0 Å². The lowest BCUT2D eigenvalue weighted by molar-refractivity contribution is 0.282. The predicted octanol–water partition coefficient (Wildman–Crippen LogP) is 4.62. The Morgan fingerprint density at radius 1 is 0.708 bits per heavy atom. The van der Waals surface area contributed by atoms with Gasteiger partial charge in [-0.15, -0.1) is 0 Å². The van der Waals surface area contributed by atoms with Crippen LogP contribution < -0.4 is 5.32 Å². The molecule has 2 atom stereocenters. The molecule has 3 aromatic rings. The number of rotatable bonds is 6. The van der Waals surface area contributed by atoms with Crippen LogP contribution in [0, 0.1) is 0 Å². The molecule has 0 saturated heterocycles. The molecule has 0 heterocycles. The van der Waals surface area contributed by atoms with Crippen molar-refractivity contribution in [3.05, 3.63) is 107 Å². The first-order valence-corrected chi connectivity index (χ1v) is 8.33. The van der Waals surface area contributed by atoms with Crippen molar-refractivity contribution in [3.8, 4) is 0 Å². The third-order valence-electron chi connectivity index (χ3n) is 4.34. The molecule has 0 aromatic heterocycles. The number of nitrogens with one attached hydrogen (secondary N) is 1. The summed E-state index contributed by atoms with van der Waals surface area (Å²) >= 11 is 0. The summed E-state index contributed by atoms with van der Waals surface area (Å²) in [5.74, 6) is 0. The second-order valence-electron chi connectivity index (χ2n) is 6.04. The molecular formula is C22H23NO. The van der Waals surface area contributed by atoms with Gasteiger partial charge in [0, 0.05) is 6.04 Å². The van der Waals surface area contributed by atoms with Crippen molar-refractivity contribution < 1.29 is 5.11 Å². The van der Waals surface area contributed by atoms with E-state index in [9.17, 15) is 5.11 Å². The minimum absolute atomic E-state index is 0.0735. The fourth-order valence-electron chi connectivity index (χ4n) is 2.93. The maximum absolute atomic E-state index is 9.26. The second-order valence-corrected chi connectivity index (χ2v) is 6.04. The molecule has 3 aromatic carbocycles. The van der Waals surface area contributed by atoms with E-state index < -0.39 is 0 Å². The van der Waals surface area contributed by atoms with E-state index in [4.69, 9.17) is 0 Å². The third-order valence-corrected chi connectivity index (χ3v) is 4.34. The minimum atomic E-state index is 0.0735. The Kier molecular flexibility index (Phi) is 5.42. The lowest BCUT2D eigenvalue weighted by Gasteiger charge is -2.25. The van der Waals surface area contributed by atoms with Crippen molar-refractivity contribution in [1.29, 1.82) is 0 Å². The molecule has 0 aliphatic rings. The van der Waals surface area contributed by atoms with E-state index in [0.29, 0.717) is 0 Å². The fraction of sp³-hybridized carbons (Fsp3) is 0.182. The SMILES string of the molecule is C[C@@H](N[C@H](c1ccccc1)c1ccc(CO)cc1)c1ccccc1. The van der Waals surface area contributed by atoms with E-state index in [1.54, 1.807) is 0 Å². The highest BCUT2D eigenvalue weighted by molar-refractivity contribution is 5.34. The number of benzene rings is 3. The average molecular weight is 317 g/mol. The standard InChI is InChI=1S/C22H23NO/c1-17(19-8-4-2-5-9-19)23-22(20-10-6-3-7-11-20)21-14-12-18(16-24)13-15-21/h2-15,17,22-24H,16H2,1H3/t17-,22-/m1/s1. The maximum Gasteiger partial charge on any atom is 0.0681 e. The van der Waals surface area contributed by atoms with Gasteiger partial charge in [-0.3, -0.25) is 5.32 Å². The molecule has 0 unspecified atom stereocenters. The van der Waals surface area contributed by atoms with Crippen LogP contribution in [0.4, 0.5) is 0 Å². The largest absolute Gasteiger partial charge is 0.392 e. The molecule has 3 rings (SSSR count). The Labute approximate surface area is 143 Å². The summed E-state index contributed by atoms with van der Waals surface area (Å²) in [6.07, 6.45) is 0. The number of hydrogen-bond acceptors (Lipinski definition) is 2. The Bertz CT molecular complexity index is 738. The first-order valence-electron chi connectivity index (χ1n) is 8.33. The van der Waals surface area contributed by atoms with Crippen LogP contribution in [-0.4, -0.2) is 5.11 Å². The van der Waals surface area contributed by atoms with Gasteiger partial charge in [-0.1, -0.05) is 84.9 Å². The van der Waals surface area contributed by atoms with Crippen molar-refractivity contribution in [2.45, 2.75) is 25.6 Å². The molecule has 2 N–H and O–H groups in total. The summed E-state index contributed by atoms with van der Waals surface area (Å²) in [5, 5.41) is 13.0. The Hall–Kier alpha value is -2.42. The first-order chi connectivity index (χ1) is 11.8. The fourth-order valence-corrected chi connectivity index (χ4v) is 2.93. The van der Waals surface area contributed by atoms with E-state index >= 15 is 0 Å². The van der Waals surface area contributed by atoms with Gasteiger partial charge < -0.3 is 5.11 Å². The summed E-state index contributed by atoms with van der Waals surface area (Å²) in [6, 6.07) is 29.4. The van der Waals surface area contributed by atoms with E-state index in [2.05, 4.69) is 72.9 Å². The van der Waals surface area contributed by atoms with Gasteiger partial charge in [0.1, 0.15) is 0 Å². The molecule has 2 nitrogen and oxygen atoms in total. The highest BCUT2D eigenvalue weighted by Gasteiger charge is 2.17. The van der Waals surface area contributed by atoms with Crippen molar-refractivity contribution >= 4 is 0 Å². The molecular weight excluding hydrogens is 294 g/mol. The summed E-state index contributed by atoms with van der Waals surface area (Å²) in [7, 11) is 0. The highest BCUT2D eigenvalue weighted by Crippen LogP contribution is 2.26. The van der Waals surface area contributed by atoms with Crippen LogP contribution in [0.25, 0.3) is 0 Å². The number of aliphatic hydroxyl groups excluding tert-OH is 1. The normalized spacial score (nSPS) is 13.4. The van der Waals surface area contributed by atoms with Gasteiger partial charge in [0.2, 0.25) is 0 Å². The summed E-state index contributed by atoms with van der Waals surface area (Å²) in [4.78, 5) is 0. The van der Waals surface area contributed by atoms with E-state index in [1.165, 1.54) is 16.7 Å². The van der Waals surface area contributed by atoms with Crippen LogP contribution >= 0.6 is 0 Å². The van der Waals surface area contributed by atoms with Gasteiger partial charge >= 0.3 is 0 Å². The molecule has 0 aliphatic heterocycles. The Morgan fingerprint density at radius 3 is 1.75 bits per heavy atom. The molecule has 0 radical (unpaired) electrons. The molecule has 24 heavy (non-hydrogen) atoms. The monoisotopic (exact) mass is 317 g/mol. The molecule has 0 aliphatic carbocycles. The van der Waals surface area contributed by atoms with Crippen LogP contribution in [0.5, 0.6) is 0 Å². The zero-order valence-corrected chi connectivity index (χ0v) is 13.9. The van der Waals surface area contributed by atoms with Crippen molar-refractivity contribution in [3.63, 3.8) is 0 Å². The average Bonchev–Trinajstić information content (AvgIpc) is 2.67.